The standard InChI is InChI=1S/C18H22ClN3O2S/c1-21(12-16-6-7-17(19)25-16)13-18(23)20-14-2-4-15(5-3-14)22-8-10-24-11-9-22/h2-7H,8-13H2,1H3,(H,20,23). The first-order valence-electron chi connectivity index (χ1n) is 8.25. The molecular weight excluding hydrogens is 358 g/mol. The minimum Gasteiger partial charge on any atom is -0.378 e. The monoisotopic (exact) mass is 379 g/mol. The highest BCUT2D eigenvalue weighted by Crippen LogP contribution is 2.22. The van der Waals surface area contributed by atoms with Crippen molar-refractivity contribution in [2.75, 3.05) is 50.1 Å². The van der Waals surface area contributed by atoms with E-state index in [9.17, 15) is 4.79 Å². The molecule has 0 spiro atoms. The van der Waals surface area contributed by atoms with Gasteiger partial charge in [-0.1, -0.05) is 11.6 Å². The van der Waals surface area contributed by atoms with Crippen LogP contribution in [-0.4, -0.2) is 50.7 Å². The van der Waals surface area contributed by atoms with E-state index in [1.54, 1.807) is 11.3 Å². The predicted octanol–water partition coefficient (Wildman–Crippen LogP) is 3.31. The molecule has 0 unspecified atom stereocenters. The average molecular weight is 380 g/mol. The molecule has 0 bridgehead atoms. The molecular formula is C18H22ClN3O2S. The van der Waals surface area contributed by atoms with Crippen molar-refractivity contribution in [2.45, 2.75) is 6.54 Å². The molecule has 0 saturated carbocycles. The average Bonchev–Trinajstić information content (AvgIpc) is 3.01. The minimum absolute atomic E-state index is 0.0238. The Hall–Kier alpha value is -1.60. The van der Waals surface area contributed by atoms with E-state index in [0.29, 0.717) is 13.1 Å². The van der Waals surface area contributed by atoms with Gasteiger partial charge in [-0.25, -0.2) is 0 Å². The molecule has 1 aromatic heterocycles. The zero-order valence-electron chi connectivity index (χ0n) is 14.2. The van der Waals surface area contributed by atoms with Gasteiger partial charge in [0.25, 0.3) is 0 Å². The van der Waals surface area contributed by atoms with E-state index in [1.165, 1.54) is 0 Å². The number of carbonyl (C=O) groups is 1. The molecule has 134 valence electrons. The van der Waals surface area contributed by atoms with Crippen LogP contribution in [0.1, 0.15) is 4.88 Å². The highest BCUT2D eigenvalue weighted by molar-refractivity contribution is 7.16. The van der Waals surface area contributed by atoms with Crippen LogP contribution in [0.4, 0.5) is 11.4 Å². The fourth-order valence-electron chi connectivity index (χ4n) is 2.78. The van der Waals surface area contributed by atoms with Gasteiger partial charge in [-0.05, 0) is 43.4 Å². The summed E-state index contributed by atoms with van der Waals surface area (Å²) in [4.78, 5) is 17.6. The van der Waals surface area contributed by atoms with Crippen molar-refractivity contribution >= 4 is 40.2 Å². The Labute approximate surface area is 157 Å². The SMILES string of the molecule is CN(CC(=O)Nc1ccc(N2CCOCC2)cc1)Cc1ccc(Cl)s1. The summed E-state index contributed by atoms with van der Waals surface area (Å²) in [6.45, 7) is 4.38. The molecule has 25 heavy (non-hydrogen) atoms. The Bertz CT molecular complexity index is 699. The number of anilines is 2. The molecule has 1 aromatic carbocycles. The number of benzene rings is 1. The zero-order valence-corrected chi connectivity index (χ0v) is 15.8. The number of likely N-dealkylation sites (N-methyl/N-ethyl adjacent to an activating group) is 1. The van der Waals surface area contributed by atoms with Gasteiger partial charge in [-0.15, -0.1) is 11.3 Å². The van der Waals surface area contributed by atoms with Crippen molar-refractivity contribution in [3.05, 3.63) is 45.6 Å². The van der Waals surface area contributed by atoms with Crippen LogP contribution in [0.2, 0.25) is 4.34 Å². The van der Waals surface area contributed by atoms with Gasteiger partial charge < -0.3 is 15.0 Å². The first kappa shape index (κ1) is 18.2. The summed E-state index contributed by atoms with van der Waals surface area (Å²) in [5, 5.41) is 2.95. The second-order valence-corrected chi connectivity index (χ2v) is 7.87. The molecule has 1 saturated heterocycles. The van der Waals surface area contributed by atoms with Gasteiger partial charge in [0, 0.05) is 35.9 Å². The number of nitrogens with zero attached hydrogens (tertiary/aromatic N) is 2. The van der Waals surface area contributed by atoms with Crippen LogP contribution in [0, 0.1) is 0 Å². The predicted molar refractivity (Wildman–Crippen MR) is 104 cm³/mol. The van der Waals surface area contributed by atoms with Gasteiger partial charge in [0.15, 0.2) is 0 Å². The molecule has 0 atom stereocenters. The van der Waals surface area contributed by atoms with E-state index in [4.69, 9.17) is 16.3 Å². The van der Waals surface area contributed by atoms with Crippen LogP contribution in [0.25, 0.3) is 0 Å². The molecule has 1 amide bonds. The Morgan fingerprint density at radius 1 is 1.24 bits per heavy atom. The first-order chi connectivity index (χ1) is 12.1. The van der Waals surface area contributed by atoms with Gasteiger partial charge in [0.05, 0.1) is 24.1 Å². The van der Waals surface area contributed by atoms with E-state index >= 15 is 0 Å². The highest BCUT2D eigenvalue weighted by Gasteiger charge is 2.12. The maximum atomic E-state index is 12.2. The van der Waals surface area contributed by atoms with Crippen molar-refractivity contribution in [1.29, 1.82) is 0 Å². The number of thiophene rings is 1. The number of hydrogen-bond donors (Lipinski definition) is 1. The van der Waals surface area contributed by atoms with Crippen molar-refractivity contribution in [3.8, 4) is 0 Å². The van der Waals surface area contributed by atoms with Crippen LogP contribution >= 0.6 is 22.9 Å². The Morgan fingerprint density at radius 3 is 2.60 bits per heavy atom. The molecule has 2 heterocycles. The summed E-state index contributed by atoms with van der Waals surface area (Å²) in [5.74, 6) is -0.0238. The normalized spacial score (nSPS) is 14.8. The van der Waals surface area contributed by atoms with Gasteiger partial charge in [0.1, 0.15) is 0 Å². The number of hydrogen-bond acceptors (Lipinski definition) is 5. The summed E-state index contributed by atoms with van der Waals surface area (Å²) < 4.78 is 6.14. The second-order valence-electron chi connectivity index (χ2n) is 6.07. The van der Waals surface area contributed by atoms with Gasteiger partial charge in [-0.2, -0.15) is 0 Å². The minimum atomic E-state index is -0.0238. The first-order valence-corrected chi connectivity index (χ1v) is 9.45. The lowest BCUT2D eigenvalue weighted by Crippen LogP contribution is -2.36. The van der Waals surface area contributed by atoms with Crippen LogP contribution in [0.5, 0.6) is 0 Å². The van der Waals surface area contributed by atoms with Crippen molar-refractivity contribution in [1.82, 2.24) is 4.90 Å². The molecule has 1 fully saturated rings. The van der Waals surface area contributed by atoms with Crippen molar-refractivity contribution in [3.63, 3.8) is 0 Å². The van der Waals surface area contributed by atoms with Crippen LogP contribution in [0.15, 0.2) is 36.4 Å². The van der Waals surface area contributed by atoms with E-state index in [2.05, 4.69) is 10.2 Å². The lowest BCUT2D eigenvalue weighted by molar-refractivity contribution is -0.117. The maximum Gasteiger partial charge on any atom is 0.238 e. The molecule has 1 aliphatic rings. The summed E-state index contributed by atoms with van der Waals surface area (Å²) in [7, 11) is 1.93. The number of ether oxygens (including phenoxy) is 1. The van der Waals surface area contributed by atoms with Gasteiger partial charge in [-0.3, -0.25) is 9.69 Å². The summed E-state index contributed by atoms with van der Waals surface area (Å²) in [6.07, 6.45) is 0. The third-order valence-electron chi connectivity index (χ3n) is 4.00. The molecule has 1 aliphatic heterocycles. The fraction of sp³-hybridized carbons (Fsp3) is 0.389. The number of morpholine rings is 1. The van der Waals surface area contributed by atoms with Gasteiger partial charge in [0.2, 0.25) is 5.91 Å². The molecule has 3 rings (SSSR count). The quantitative estimate of drug-likeness (QED) is 0.836. The van der Waals surface area contributed by atoms with Crippen LogP contribution < -0.4 is 10.2 Å². The zero-order chi connectivity index (χ0) is 17.6. The number of halogens is 1. The lowest BCUT2D eigenvalue weighted by atomic mass is 10.2. The molecule has 2 aromatic rings. The molecule has 0 radical (unpaired) electrons. The lowest BCUT2D eigenvalue weighted by Gasteiger charge is -2.28. The topological polar surface area (TPSA) is 44.8 Å². The third kappa shape index (κ3) is 5.44. The largest absolute Gasteiger partial charge is 0.378 e. The summed E-state index contributed by atoms with van der Waals surface area (Å²) in [5.41, 5.74) is 1.97. The number of carbonyl (C=O) groups excluding carboxylic acids is 1. The smallest absolute Gasteiger partial charge is 0.238 e. The van der Waals surface area contributed by atoms with Gasteiger partial charge >= 0.3 is 0 Å². The van der Waals surface area contributed by atoms with E-state index in [1.807, 2.05) is 48.3 Å². The van der Waals surface area contributed by atoms with E-state index in [0.717, 1.165) is 46.9 Å². The summed E-state index contributed by atoms with van der Waals surface area (Å²) >= 11 is 7.48. The van der Waals surface area contributed by atoms with E-state index < -0.39 is 0 Å². The van der Waals surface area contributed by atoms with Crippen LogP contribution in [-0.2, 0) is 16.1 Å². The van der Waals surface area contributed by atoms with Crippen molar-refractivity contribution in [2.24, 2.45) is 0 Å². The van der Waals surface area contributed by atoms with Crippen molar-refractivity contribution < 1.29 is 9.53 Å². The Morgan fingerprint density at radius 2 is 1.96 bits per heavy atom. The third-order valence-corrected chi connectivity index (χ3v) is 5.21. The number of nitrogens with one attached hydrogen (secondary N) is 1. The molecule has 5 nitrogen and oxygen atoms in total. The van der Waals surface area contributed by atoms with E-state index in [-0.39, 0.29) is 5.91 Å². The Balaban J connectivity index is 1.48. The molecule has 0 aliphatic carbocycles. The fourth-order valence-corrected chi connectivity index (χ4v) is 3.95. The summed E-state index contributed by atoms with van der Waals surface area (Å²) in [6, 6.07) is 11.8. The Kier molecular flexibility index (Phi) is 6.31. The second kappa shape index (κ2) is 8.67. The number of amides is 1. The molecule has 1 N–H and O–H groups in total. The molecule has 7 heteroatoms. The van der Waals surface area contributed by atoms with Crippen LogP contribution in [0.3, 0.4) is 0 Å². The highest BCUT2D eigenvalue weighted by atomic mass is 35.5. The maximum absolute atomic E-state index is 12.2. The number of rotatable bonds is 6.